The minimum atomic E-state index is -0.308. The van der Waals surface area contributed by atoms with Crippen molar-refractivity contribution in [2.24, 2.45) is 5.92 Å². The molecule has 2 heterocycles. The topological polar surface area (TPSA) is 87.2 Å². The molecule has 0 unspecified atom stereocenters. The average Bonchev–Trinajstić information content (AvgIpc) is 2.68. The van der Waals surface area contributed by atoms with E-state index in [0.29, 0.717) is 16.7 Å². The van der Waals surface area contributed by atoms with Crippen molar-refractivity contribution < 1.29 is 4.79 Å². The SMILES string of the molecule is CCNCC1CCN(C(=O)CCn2[nH]c(=O)c3ccccc3c2=O)CC1.Cl. The molecule has 1 fully saturated rings. The number of aromatic nitrogens is 2. The molecule has 1 saturated heterocycles. The molecule has 0 radical (unpaired) electrons. The minimum absolute atomic E-state index is 0. The maximum absolute atomic E-state index is 12.5. The van der Waals surface area contributed by atoms with E-state index >= 15 is 0 Å². The molecule has 3 rings (SSSR count). The van der Waals surface area contributed by atoms with E-state index in [1.165, 1.54) is 4.68 Å². The monoisotopic (exact) mass is 394 g/mol. The summed E-state index contributed by atoms with van der Waals surface area (Å²) in [6.45, 7) is 5.78. The van der Waals surface area contributed by atoms with E-state index in [1.54, 1.807) is 24.3 Å². The number of fused-ring (bicyclic) bond motifs is 1. The largest absolute Gasteiger partial charge is 0.343 e. The van der Waals surface area contributed by atoms with E-state index in [9.17, 15) is 14.4 Å². The van der Waals surface area contributed by atoms with Gasteiger partial charge in [0.25, 0.3) is 11.1 Å². The molecule has 7 nitrogen and oxygen atoms in total. The highest BCUT2D eigenvalue weighted by Crippen LogP contribution is 2.17. The van der Waals surface area contributed by atoms with Gasteiger partial charge >= 0.3 is 0 Å². The summed E-state index contributed by atoms with van der Waals surface area (Å²) >= 11 is 0. The lowest BCUT2D eigenvalue weighted by Gasteiger charge is -2.32. The molecule has 2 aromatic rings. The van der Waals surface area contributed by atoms with Gasteiger partial charge in [-0.2, -0.15) is 0 Å². The second-order valence-corrected chi connectivity index (χ2v) is 6.83. The maximum Gasteiger partial charge on any atom is 0.273 e. The van der Waals surface area contributed by atoms with Gasteiger partial charge < -0.3 is 10.2 Å². The predicted octanol–water partition coefficient (Wildman–Crippen LogP) is 1.35. The third-order valence-corrected chi connectivity index (χ3v) is 5.08. The van der Waals surface area contributed by atoms with E-state index < -0.39 is 0 Å². The van der Waals surface area contributed by atoms with Crippen molar-refractivity contribution in [1.29, 1.82) is 0 Å². The molecular formula is C19H27ClN4O3. The number of rotatable bonds is 6. The fourth-order valence-corrected chi connectivity index (χ4v) is 3.50. The number of amides is 1. The van der Waals surface area contributed by atoms with Gasteiger partial charge in [-0.05, 0) is 44.0 Å². The number of benzene rings is 1. The van der Waals surface area contributed by atoms with Crippen LogP contribution in [0.3, 0.4) is 0 Å². The van der Waals surface area contributed by atoms with Crippen molar-refractivity contribution in [2.75, 3.05) is 26.2 Å². The third-order valence-electron chi connectivity index (χ3n) is 5.08. The van der Waals surface area contributed by atoms with Crippen molar-refractivity contribution in [3.63, 3.8) is 0 Å². The summed E-state index contributed by atoms with van der Waals surface area (Å²) in [6, 6.07) is 6.73. The first-order valence-corrected chi connectivity index (χ1v) is 9.30. The van der Waals surface area contributed by atoms with Crippen molar-refractivity contribution in [3.05, 3.63) is 45.0 Å². The predicted molar refractivity (Wildman–Crippen MR) is 109 cm³/mol. The molecule has 8 heteroatoms. The van der Waals surface area contributed by atoms with Crippen LogP contribution in [0.15, 0.2) is 33.9 Å². The van der Waals surface area contributed by atoms with Crippen LogP contribution in [0, 0.1) is 5.92 Å². The zero-order chi connectivity index (χ0) is 18.5. The van der Waals surface area contributed by atoms with Gasteiger partial charge in [-0.3, -0.25) is 19.5 Å². The van der Waals surface area contributed by atoms with Crippen LogP contribution in [0.5, 0.6) is 0 Å². The summed E-state index contributed by atoms with van der Waals surface area (Å²) in [5, 5.41) is 6.70. The van der Waals surface area contributed by atoms with Crippen molar-refractivity contribution in [2.45, 2.75) is 32.7 Å². The first-order valence-electron chi connectivity index (χ1n) is 9.30. The second-order valence-electron chi connectivity index (χ2n) is 6.83. The highest BCUT2D eigenvalue weighted by molar-refractivity contribution is 5.85. The van der Waals surface area contributed by atoms with E-state index in [0.717, 1.165) is 39.0 Å². The minimum Gasteiger partial charge on any atom is -0.343 e. The third kappa shape index (κ3) is 4.99. The van der Waals surface area contributed by atoms with Crippen LogP contribution in [-0.4, -0.2) is 46.8 Å². The van der Waals surface area contributed by atoms with Gasteiger partial charge in [-0.1, -0.05) is 19.1 Å². The van der Waals surface area contributed by atoms with E-state index in [4.69, 9.17) is 0 Å². The summed E-state index contributed by atoms with van der Waals surface area (Å²) in [4.78, 5) is 38.9. The van der Waals surface area contributed by atoms with Gasteiger partial charge in [-0.15, -0.1) is 12.4 Å². The molecule has 148 valence electrons. The molecule has 0 saturated carbocycles. The average molecular weight is 395 g/mol. The van der Waals surface area contributed by atoms with Crippen LogP contribution in [0.1, 0.15) is 26.2 Å². The van der Waals surface area contributed by atoms with Crippen LogP contribution < -0.4 is 16.4 Å². The molecule has 0 atom stereocenters. The van der Waals surface area contributed by atoms with Crippen LogP contribution in [0.25, 0.3) is 10.8 Å². The Bertz CT molecular complexity index is 884. The summed E-state index contributed by atoms with van der Waals surface area (Å²) in [5.74, 6) is 0.659. The Labute approximate surface area is 164 Å². The van der Waals surface area contributed by atoms with Gasteiger partial charge in [-0.25, -0.2) is 4.68 Å². The number of aryl methyl sites for hydroxylation is 1. The Morgan fingerprint density at radius 2 is 1.85 bits per heavy atom. The number of halogens is 1. The zero-order valence-corrected chi connectivity index (χ0v) is 16.4. The molecule has 2 N–H and O–H groups in total. The van der Waals surface area contributed by atoms with Crippen molar-refractivity contribution in [3.8, 4) is 0 Å². The number of H-pyrrole nitrogens is 1. The smallest absolute Gasteiger partial charge is 0.273 e. The summed E-state index contributed by atoms with van der Waals surface area (Å²) in [6.07, 6.45) is 2.23. The number of nitrogens with zero attached hydrogens (tertiary/aromatic N) is 2. The van der Waals surface area contributed by atoms with Crippen molar-refractivity contribution >= 4 is 29.1 Å². The van der Waals surface area contributed by atoms with Gasteiger partial charge in [0.1, 0.15) is 0 Å². The fraction of sp³-hybridized carbons (Fsp3) is 0.526. The quantitative estimate of drug-likeness (QED) is 0.774. The van der Waals surface area contributed by atoms with Gasteiger partial charge in [0, 0.05) is 19.5 Å². The summed E-state index contributed by atoms with van der Waals surface area (Å²) < 4.78 is 1.25. The van der Waals surface area contributed by atoms with E-state index in [2.05, 4.69) is 17.3 Å². The van der Waals surface area contributed by atoms with Gasteiger partial charge in [0.15, 0.2) is 0 Å². The van der Waals surface area contributed by atoms with Crippen LogP contribution in [-0.2, 0) is 11.3 Å². The number of hydrogen-bond donors (Lipinski definition) is 2. The Hall–Kier alpha value is -2.12. The number of nitrogens with one attached hydrogen (secondary N) is 2. The standard InChI is InChI=1S/C19H26N4O3.ClH/c1-2-20-13-14-7-10-22(11-8-14)17(24)9-12-23-19(26)16-6-4-3-5-15(16)18(25)21-23;/h3-6,14,20H,2,7-13H2,1H3,(H,21,25);1H. The lowest BCUT2D eigenvalue weighted by Crippen LogP contribution is -2.41. The first-order chi connectivity index (χ1) is 12.6. The zero-order valence-electron chi connectivity index (χ0n) is 15.6. The number of carbonyl (C=O) groups excluding carboxylic acids is 1. The molecule has 0 bridgehead atoms. The number of piperidine rings is 1. The first kappa shape index (κ1) is 21.2. The highest BCUT2D eigenvalue weighted by Gasteiger charge is 2.22. The second kappa shape index (κ2) is 9.71. The lowest BCUT2D eigenvalue weighted by molar-refractivity contribution is -0.132. The van der Waals surface area contributed by atoms with E-state index in [1.807, 2.05) is 4.90 Å². The molecule has 1 aliphatic heterocycles. The number of aromatic amines is 1. The Kier molecular flexibility index (Phi) is 7.62. The molecule has 1 amide bonds. The van der Waals surface area contributed by atoms with Crippen LogP contribution >= 0.6 is 12.4 Å². The Balaban J connectivity index is 0.00000261. The molecular weight excluding hydrogens is 368 g/mol. The van der Waals surface area contributed by atoms with Crippen LogP contribution in [0.2, 0.25) is 0 Å². The molecule has 0 spiro atoms. The number of hydrogen-bond acceptors (Lipinski definition) is 4. The Morgan fingerprint density at radius 1 is 1.19 bits per heavy atom. The van der Waals surface area contributed by atoms with Crippen LogP contribution in [0.4, 0.5) is 0 Å². The summed E-state index contributed by atoms with van der Waals surface area (Å²) in [5.41, 5.74) is -0.575. The van der Waals surface area contributed by atoms with Crippen molar-refractivity contribution in [1.82, 2.24) is 20.0 Å². The fourth-order valence-electron chi connectivity index (χ4n) is 3.50. The molecule has 0 aliphatic carbocycles. The normalized spacial score (nSPS) is 14.9. The molecule has 27 heavy (non-hydrogen) atoms. The van der Waals surface area contributed by atoms with Gasteiger partial charge in [0.2, 0.25) is 5.91 Å². The summed E-state index contributed by atoms with van der Waals surface area (Å²) in [7, 11) is 0. The maximum atomic E-state index is 12.5. The van der Waals surface area contributed by atoms with E-state index in [-0.39, 0.29) is 42.4 Å². The number of likely N-dealkylation sites (tertiary alicyclic amines) is 1. The number of carbonyl (C=O) groups is 1. The molecule has 1 aromatic carbocycles. The lowest BCUT2D eigenvalue weighted by atomic mass is 9.96. The molecule has 1 aliphatic rings. The molecule has 1 aromatic heterocycles. The van der Waals surface area contributed by atoms with Gasteiger partial charge in [0.05, 0.1) is 17.3 Å². The highest BCUT2D eigenvalue weighted by atomic mass is 35.5. The Morgan fingerprint density at radius 3 is 2.52 bits per heavy atom.